The first-order valence-corrected chi connectivity index (χ1v) is 6.78. The molecule has 1 aromatic heterocycles. The number of hydrogen-bond donors (Lipinski definition) is 1. The van der Waals surface area contributed by atoms with Crippen molar-refractivity contribution in [3.05, 3.63) is 46.6 Å². The van der Waals surface area contributed by atoms with Gasteiger partial charge in [-0.25, -0.2) is 4.98 Å². The predicted octanol–water partition coefficient (Wildman–Crippen LogP) is 2.38. The summed E-state index contributed by atoms with van der Waals surface area (Å²) >= 11 is 0. The fraction of sp³-hybridized carbons (Fsp3) is 0.200. The van der Waals surface area contributed by atoms with E-state index in [4.69, 9.17) is 14.2 Å². The van der Waals surface area contributed by atoms with Crippen molar-refractivity contribution in [2.24, 2.45) is 0 Å². The summed E-state index contributed by atoms with van der Waals surface area (Å²) in [6.45, 7) is -0.0910. The van der Waals surface area contributed by atoms with Crippen molar-refractivity contribution in [2.75, 3.05) is 26.1 Å². The Balaban J connectivity index is 2.16. The fourth-order valence-electron chi connectivity index (χ4n) is 1.86. The lowest BCUT2D eigenvalue weighted by molar-refractivity contribution is -0.385. The normalized spacial score (nSPS) is 10.1. The van der Waals surface area contributed by atoms with E-state index in [9.17, 15) is 14.9 Å². The van der Waals surface area contributed by atoms with Crippen LogP contribution in [0.15, 0.2) is 36.5 Å². The maximum absolute atomic E-state index is 11.5. The molecule has 24 heavy (non-hydrogen) atoms. The average Bonchev–Trinajstić information content (AvgIpc) is 2.55. The van der Waals surface area contributed by atoms with E-state index in [0.717, 1.165) is 0 Å². The highest BCUT2D eigenvalue weighted by Crippen LogP contribution is 2.33. The van der Waals surface area contributed by atoms with E-state index in [1.54, 1.807) is 6.07 Å². The molecular formula is C15H15N3O6. The minimum Gasteiger partial charge on any atom is -0.490 e. The zero-order valence-electron chi connectivity index (χ0n) is 13.0. The number of nitrogens with one attached hydrogen (secondary N) is 1. The van der Waals surface area contributed by atoms with Gasteiger partial charge in [-0.2, -0.15) is 0 Å². The number of anilines is 1. The summed E-state index contributed by atoms with van der Waals surface area (Å²) in [6.07, 6.45) is 1.46. The topological polar surface area (TPSA) is 113 Å². The molecule has 1 N–H and O–H groups in total. The summed E-state index contributed by atoms with van der Waals surface area (Å²) in [5.41, 5.74) is -0.160. The molecule has 0 radical (unpaired) electrons. The number of nitro benzene ring substituents is 1. The second-order valence-electron chi connectivity index (χ2n) is 4.55. The molecule has 0 aliphatic carbocycles. The highest BCUT2D eigenvalue weighted by atomic mass is 16.6. The van der Waals surface area contributed by atoms with Gasteiger partial charge in [0.25, 0.3) is 5.91 Å². The van der Waals surface area contributed by atoms with Crippen LogP contribution in [0.5, 0.6) is 17.2 Å². The van der Waals surface area contributed by atoms with E-state index in [1.165, 1.54) is 44.7 Å². The second kappa shape index (κ2) is 7.88. The van der Waals surface area contributed by atoms with E-state index >= 15 is 0 Å². The van der Waals surface area contributed by atoms with Gasteiger partial charge in [0.2, 0.25) is 5.75 Å². The van der Waals surface area contributed by atoms with Crippen LogP contribution in [0.2, 0.25) is 0 Å². The molecule has 9 heteroatoms. The van der Waals surface area contributed by atoms with Gasteiger partial charge in [0.15, 0.2) is 0 Å². The number of nitro groups is 1. The molecule has 0 spiro atoms. The molecule has 2 aromatic rings. The number of pyridine rings is 1. The van der Waals surface area contributed by atoms with E-state index < -0.39 is 4.92 Å². The van der Waals surface area contributed by atoms with Gasteiger partial charge >= 0.3 is 5.69 Å². The van der Waals surface area contributed by atoms with Crippen LogP contribution < -0.4 is 14.8 Å². The van der Waals surface area contributed by atoms with Gasteiger partial charge in [0.05, 0.1) is 12.0 Å². The Morgan fingerprint density at radius 1 is 1.25 bits per heavy atom. The lowest BCUT2D eigenvalue weighted by Crippen LogP contribution is -2.17. The maximum atomic E-state index is 11.5. The van der Waals surface area contributed by atoms with Crippen LogP contribution in [0.3, 0.4) is 0 Å². The number of aromatic nitrogens is 1. The monoisotopic (exact) mass is 333 g/mol. The number of methoxy groups -OCH3 is 2. The van der Waals surface area contributed by atoms with Crippen molar-refractivity contribution in [1.82, 2.24) is 4.98 Å². The van der Waals surface area contributed by atoms with Gasteiger partial charge in [-0.05, 0) is 12.1 Å². The summed E-state index contributed by atoms with van der Waals surface area (Å²) in [5, 5.41) is 13.4. The van der Waals surface area contributed by atoms with Crippen molar-refractivity contribution in [2.45, 2.75) is 0 Å². The summed E-state index contributed by atoms with van der Waals surface area (Å²) in [5.74, 6) is 0.772. The number of ether oxygens (including phenoxy) is 3. The van der Waals surface area contributed by atoms with Crippen LogP contribution in [-0.4, -0.2) is 36.6 Å². The van der Waals surface area contributed by atoms with E-state index in [-0.39, 0.29) is 24.0 Å². The number of benzene rings is 1. The Labute approximate surface area is 137 Å². The first-order chi connectivity index (χ1) is 11.5. The number of rotatable bonds is 7. The number of amides is 1. The van der Waals surface area contributed by atoms with Crippen molar-refractivity contribution < 1.29 is 23.9 Å². The zero-order valence-corrected chi connectivity index (χ0v) is 13.0. The number of nitrogens with zero attached hydrogens (tertiary/aromatic N) is 2. The first-order valence-electron chi connectivity index (χ1n) is 6.78. The molecular weight excluding hydrogens is 318 g/mol. The Morgan fingerprint density at radius 3 is 2.67 bits per heavy atom. The third kappa shape index (κ3) is 4.40. The molecule has 0 saturated carbocycles. The smallest absolute Gasteiger partial charge is 0.311 e. The molecule has 9 nitrogen and oxygen atoms in total. The van der Waals surface area contributed by atoms with E-state index in [0.29, 0.717) is 17.3 Å². The summed E-state index contributed by atoms with van der Waals surface area (Å²) < 4.78 is 15.3. The van der Waals surface area contributed by atoms with Crippen LogP contribution in [0.4, 0.5) is 11.5 Å². The number of carbonyl (C=O) groups is 1. The Hall–Kier alpha value is -3.20. The number of carbonyl (C=O) groups excluding carboxylic acids is 1. The molecule has 1 amide bonds. The van der Waals surface area contributed by atoms with Gasteiger partial charge in [0, 0.05) is 31.5 Å². The molecule has 0 aliphatic heterocycles. The SMILES string of the molecule is COCC(=O)Nc1cc(Oc2ccc([N+](=O)[O-])c(OC)c2)ccn1. The molecule has 0 unspecified atom stereocenters. The van der Waals surface area contributed by atoms with Crippen molar-refractivity contribution in [3.8, 4) is 17.2 Å². The Kier molecular flexibility index (Phi) is 5.63. The summed E-state index contributed by atoms with van der Waals surface area (Å²) in [6, 6.07) is 7.24. The van der Waals surface area contributed by atoms with Gasteiger partial charge in [0.1, 0.15) is 23.9 Å². The molecule has 2 rings (SSSR count). The second-order valence-corrected chi connectivity index (χ2v) is 4.55. The Bertz CT molecular complexity index is 750. The molecule has 0 aliphatic rings. The largest absolute Gasteiger partial charge is 0.490 e. The van der Waals surface area contributed by atoms with E-state index in [1.807, 2.05) is 0 Å². The average molecular weight is 333 g/mol. The predicted molar refractivity (Wildman–Crippen MR) is 84.5 cm³/mol. The van der Waals surface area contributed by atoms with Gasteiger partial charge in [-0.15, -0.1) is 0 Å². The third-order valence-corrected chi connectivity index (χ3v) is 2.86. The maximum Gasteiger partial charge on any atom is 0.311 e. The van der Waals surface area contributed by atoms with Crippen molar-refractivity contribution >= 4 is 17.4 Å². The van der Waals surface area contributed by atoms with Crippen LogP contribution >= 0.6 is 0 Å². The summed E-state index contributed by atoms with van der Waals surface area (Å²) in [7, 11) is 2.75. The van der Waals surface area contributed by atoms with E-state index in [2.05, 4.69) is 10.3 Å². The summed E-state index contributed by atoms with van der Waals surface area (Å²) in [4.78, 5) is 25.8. The van der Waals surface area contributed by atoms with Gasteiger partial charge in [-0.3, -0.25) is 14.9 Å². The van der Waals surface area contributed by atoms with Crippen molar-refractivity contribution in [1.29, 1.82) is 0 Å². The lowest BCUT2D eigenvalue weighted by Gasteiger charge is -2.09. The fourth-order valence-corrected chi connectivity index (χ4v) is 1.86. The quantitative estimate of drug-likeness (QED) is 0.611. The molecule has 0 fully saturated rings. The molecule has 0 atom stereocenters. The van der Waals surface area contributed by atoms with Crippen LogP contribution in [0.1, 0.15) is 0 Å². The zero-order chi connectivity index (χ0) is 17.5. The first kappa shape index (κ1) is 17.2. The Morgan fingerprint density at radius 2 is 2.00 bits per heavy atom. The highest BCUT2D eigenvalue weighted by molar-refractivity contribution is 5.90. The highest BCUT2D eigenvalue weighted by Gasteiger charge is 2.15. The standard InChI is InChI=1S/C15H15N3O6/c1-22-9-15(19)17-14-8-11(5-6-16-14)24-10-3-4-12(18(20)21)13(7-10)23-2/h3-8H,9H2,1-2H3,(H,16,17,19). The molecule has 126 valence electrons. The third-order valence-electron chi connectivity index (χ3n) is 2.86. The van der Waals surface area contributed by atoms with Crippen LogP contribution in [0, 0.1) is 10.1 Å². The molecule has 1 heterocycles. The minimum absolute atomic E-state index is 0.0835. The number of hydrogen-bond acceptors (Lipinski definition) is 7. The van der Waals surface area contributed by atoms with Crippen LogP contribution in [-0.2, 0) is 9.53 Å². The molecule has 0 bridgehead atoms. The van der Waals surface area contributed by atoms with Crippen molar-refractivity contribution in [3.63, 3.8) is 0 Å². The molecule has 1 aromatic carbocycles. The lowest BCUT2D eigenvalue weighted by atomic mass is 10.3. The minimum atomic E-state index is -0.543. The molecule has 0 saturated heterocycles. The van der Waals surface area contributed by atoms with Crippen LogP contribution in [0.25, 0.3) is 0 Å². The van der Waals surface area contributed by atoms with Gasteiger partial charge in [-0.1, -0.05) is 0 Å². The van der Waals surface area contributed by atoms with Gasteiger partial charge < -0.3 is 19.5 Å².